The molecule has 0 radical (unpaired) electrons. The molecule has 1 aromatic carbocycles. The van der Waals surface area contributed by atoms with Crippen LogP contribution in [0.4, 0.5) is 10.1 Å². The van der Waals surface area contributed by atoms with Crippen LogP contribution in [-0.2, 0) is 11.3 Å². The van der Waals surface area contributed by atoms with Crippen LogP contribution >= 0.6 is 11.8 Å². The second-order valence-corrected chi connectivity index (χ2v) is 6.81. The number of carbonyl (C=O) groups excluding carboxylic acids is 1. The SMILES string of the molecule is CCCCn1c(SCC(=O)Nc2ccccc2F)nnc1-c1ccncc1. The highest BCUT2D eigenvalue weighted by Crippen LogP contribution is 2.24. The molecule has 0 aliphatic heterocycles. The molecule has 3 aromatic rings. The fourth-order valence-corrected chi connectivity index (χ4v) is 3.27. The Morgan fingerprint density at radius 2 is 1.96 bits per heavy atom. The maximum Gasteiger partial charge on any atom is 0.234 e. The van der Waals surface area contributed by atoms with Crippen LogP contribution in [-0.4, -0.2) is 31.4 Å². The molecule has 0 aliphatic carbocycles. The lowest BCUT2D eigenvalue weighted by Gasteiger charge is -2.10. The molecular weight excluding hydrogens is 365 g/mol. The number of pyridine rings is 1. The number of nitrogens with zero attached hydrogens (tertiary/aromatic N) is 4. The van der Waals surface area contributed by atoms with E-state index in [2.05, 4.69) is 27.4 Å². The van der Waals surface area contributed by atoms with Crippen LogP contribution in [0.25, 0.3) is 11.4 Å². The van der Waals surface area contributed by atoms with Gasteiger partial charge >= 0.3 is 0 Å². The molecule has 6 nitrogen and oxygen atoms in total. The van der Waals surface area contributed by atoms with Crippen LogP contribution in [0.5, 0.6) is 0 Å². The molecule has 0 unspecified atom stereocenters. The third-order valence-electron chi connectivity index (χ3n) is 3.87. The minimum absolute atomic E-state index is 0.120. The van der Waals surface area contributed by atoms with Crippen molar-refractivity contribution in [3.8, 4) is 11.4 Å². The van der Waals surface area contributed by atoms with Crippen molar-refractivity contribution in [3.63, 3.8) is 0 Å². The number of amides is 1. The predicted octanol–water partition coefficient (Wildman–Crippen LogP) is 4.01. The third kappa shape index (κ3) is 4.91. The van der Waals surface area contributed by atoms with Gasteiger partial charge in [0.05, 0.1) is 11.4 Å². The Balaban J connectivity index is 1.71. The van der Waals surface area contributed by atoms with E-state index in [1.165, 1.54) is 23.9 Å². The van der Waals surface area contributed by atoms with Crippen molar-refractivity contribution in [1.29, 1.82) is 0 Å². The van der Waals surface area contributed by atoms with Gasteiger partial charge in [0.2, 0.25) is 5.91 Å². The smallest absolute Gasteiger partial charge is 0.234 e. The van der Waals surface area contributed by atoms with Crippen molar-refractivity contribution in [3.05, 3.63) is 54.6 Å². The summed E-state index contributed by atoms with van der Waals surface area (Å²) in [5.74, 6) is 0.125. The van der Waals surface area contributed by atoms with Crippen molar-refractivity contribution in [1.82, 2.24) is 19.7 Å². The number of rotatable bonds is 8. The van der Waals surface area contributed by atoms with Gasteiger partial charge in [-0.25, -0.2) is 4.39 Å². The van der Waals surface area contributed by atoms with Gasteiger partial charge in [0, 0.05) is 24.5 Å². The second kappa shape index (κ2) is 9.27. The molecule has 3 rings (SSSR count). The summed E-state index contributed by atoms with van der Waals surface area (Å²) >= 11 is 1.29. The first-order valence-electron chi connectivity index (χ1n) is 8.69. The lowest BCUT2D eigenvalue weighted by Crippen LogP contribution is -2.15. The van der Waals surface area contributed by atoms with Crippen LogP contribution in [0.1, 0.15) is 19.8 Å². The number of halogens is 1. The Morgan fingerprint density at radius 1 is 1.19 bits per heavy atom. The van der Waals surface area contributed by atoms with E-state index in [4.69, 9.17) is 0 Å². The minimum Gasteiger partial charge on any atom is -0.323 e. The summed E-state index contributed by atoms with van der Waals surface area (Å²) in [6, 6.07) is 9.86. The molecule has 1 N–H and O–H groups in total. The van der Waals surface area contributed by atoms with Gasteiger partial charge in [0.25, 0.3) is 0 Å². The first-order chi connectivity index (χ1) is 13.2. The molecule has 0 spiro atoms. The summed E-state index contributed by atoms with van der Waals surface area (Å²) in [6.07, 6.45) is 5.43. The van der Waals surface area contributed by atoms with Gasteiger partial charge in [-0.15, -0.1) is 10.2 Å². The molecule has 0 fully saturated rings. The van der Waals surface area contributed by atoms with E-state index in [-0.39, 0.29) is 17.3 Å². The molecule has 27 heavy (non-hydrogen) atoms. The van der Waals surface area contributed by atoms with E-state index in [1.807, 2.05) is 16.7 Å². The highest BCUT2D eigenvalue weighted by molar-refractivity contribution is 7.99. The number of unbranched alkanes of at least 4 members (excludes halogenated alkanes) is 1. The number of anilines is 1. The number of aromatic nitrogens is 4. The molecular formula is C19H20FN5OS. The molecule has 1 amide bonds. The van der Waals surface area contributed by atoms with Gasteiger partial charge in [-0.3, -0.25) is 9.78 Å². The zero-order valence-electron chi connectivity index (χ0n) is 14.9. The zero-order chi connectivity index (χ0) is 19.1. The summed E-state index contributed by atoms with van der Waals surface area (Å²) in [7, 11) is 0. The van der Waals surface area contributed by atoms with E-state index in [0.717, 1.165) is 30.8 Å². The fourth-order valence-electron chi connectivity index (χ4n) is 2.51. The van der Waals surface area contributed by atoms with E-state index in [1.54, 1.807) is 24.5 Å². The first-order valence-corrected chi connectivity index (χ1v) is 9.68. The number of benzene rings is 1. The Labute approximate surface area is 161 Å². The van der Waals surface area contributed by atoms with Crippen LogP contribution < -0.4 is 5.32 Å². The monoisotopic (exact) mass is 385 g/mol. The summed E-state index contributed by atoms with van der Waals surface area (Å²) in [5, 5.41) is 11.8. The number of carbonyl (C=O) groups is 1. The van der Waals surface area contributed by atoms with Gasteiger partial charge in [-0.2, -0.15) is 0 Å². The standard InChI is InChI=1S/C19H20FN5OS/c1-2-3-12-25-18(14-8-10-21-11-9-14)23-24-19(25)27-13-17(26)22-16-7-5-4-6-15(16)20/h4-11H,2-3,12-13H2,1H3,(H,22,26). The second-order valence-electron chi connectivity index (χ2n) is 5.86. The largest absolute Gasteiger partial charge is 0.323 e. The Bertz CT molecular complexity index is 900. The highest BCUT2D eigenvalue weighted by atomic mass is 32.2. The predicted molar refractivity (Wildman–Crippen MR) is 104 cm³/mol. The number of thioether (sulfide) groups is 1. The van der Waals surface area contributed by atoms with E-state index in [0.29, 0.717) is 5.16 Å². The molecule has 2 heterocycles. The maximum atomic E-state index is 13.7. The van der Waals surface area contributed by atoms with Crippen molar-refractivity contribution in [2.75, 3.05) is 11.1 Å². The van der Waals surface area contributed by atoms with Gasteiger partial charge in [0.1, 0.15) is 5.82 Å². The minimum atomic E-state index is -0.457. The lowest BCUT2D eigenvalue weighted by molar-refractivity contribution is -0.113. The van der Waals surface area contributed by atoms with Crippen molar-refractivity contribution in [2.24, 2.45) is 0 Å². The normalized spacial score (nSPS) is 10.7. The Kier molecular flexibility index (Phi) is 6.54. The van der Waals surface area contributed by atoms with E-state index in [9.17, 15) is 9.18 Å². The highest BCUT2D eigenvalue weighted by Gasteiger charge is 2.16. The zero-order valence-corrected chi connectivity index (χ0v) is 15.7. The summed E-state index contributed by atoms with van der Waals surface area (Å²) in [5.41, 5.74) is 1.10. The molecule has 0 atom stereocenters. The molecule has 0 saturated carbocycles. The van der Waals surface area contributed by atoms with E-state index < -0.39 is 5.82 Å². The number of hydrogen-bond donors (Lipinski definition) is 1. The molecule has 0 bridgehead atoms. The average molecular weight is 385 g/mol. The van der Waals surface area contributed by atoms with Crippen molar-refractivity contribution < 1.29 is 9.18 Å². The Hall–Kier alpha value is -2.74. The van der Waals surface area contributed by atoms with Gasteiger partial charge in [0.15, 0.2) is 11.0 Å². The maximum absolute atomic E-state index is 13.7. The number of hydrogen-bond acceptors (Lipinski definition) is 5. The number of nitrogens with one attached hydrogen (secondary N) is 1. The molecule has 8 heteroatoms. The van der Waals surface area contributed by atoms with Gasteiger partial charge in [-0.05, 0) is 30.7 Å². The third-order valence-corrected chi connectivity index (χ3v) is 4.84. The first kappa shape index (κ1) is 19.0. The quantitative estimate of drug-likeness (QED) is 0.593. The summed E-state index contributed by atoms with van der Waals surface area (Å²) in [6.45, 7) is 2.88. The summed E-state index contributed by atoms with van der Waals surface area (Å²) < 4.78 is 15.7. The van der Waals surface area contributed by atoms with Crippen LogP contribution in [0, 0.1) is 5.82 Å². The lowest BCUT2D eigenvalue weighted by atomic mass is 10.2. The van der Waals surface area contributed by atoms with Crippen molar-refractivity contribution in [2.45, 2.75) is 31.5 Å². The van der Waals surface area contributed by atoms with Crippen LogP contribution in [0.15, 0.2) is 53.9 Å². The van der Waals surface area contributed by atoms with Crippen molar-refractivity contribution >= 4 is 23.4 Å². The average Bonchev–Trinajstić information content (AvgIpc) is 3.10. The molecule has 2 aromatic heterocycles. The molecule has 0 aliphatic rings. The molecule has 0 saturated heterocycles. The van der Waals surface area contributed by atoms with Crippen LogP contribution in [0.2, 0.25) is 0 Å². The topological polar surface area (TPSA) is 72.7 Å². The van der Waals surface area contributed by atoms with Gasteiger partial charge < -0.3 is 9.88 Å². The Morgan fingerprint density at radius 3 is 2.70 bits per heavy atom. The molecule has 140 valence electrons. The number of para-hydroxylation sites is 1. The van der Waals surface area contributed by atoms with Gasteiger partial charge in [-0.1, -0.05) is 37.2 Å². The fraction of sp³-hybridized carbons (Fsp3) is 0.263. The van der Waals surface area contributed by atoms with Crippen LogP contribution in [0.3, 0.4) is 0 Å². The summed E-state index contributed by atoms with van der Waals surface area (Å²) in [4.78, 5) is 16.2. The van der Waals surface area contributed by atoms with E-state index >= 15 is 0 Å².